The van der Waals surface area contributed by atoms with Crippen molar-refractivity contribution in [3.63, 3.8) is 0 Å². The Bertz CT molecular complexity index is 680. The van der Waals surface area contributed by atoms with Gasteiger partial charge in [0, 0.05) is 36.5 Å². The van der Waals surface area contributed by atoms with Crippen LogP contribution in [0.5, 0.6) is 0 Å². The van der Waals surface area contributed by atoms with Crippen LogP contribution in [0.1, 0.15) is 46.1 Å². The number of carboxylic acid groups (broad SMARTS) is 1. The van der Waals surface area contributed by atoms with Crippen LogP contribution in [0.3, 0.4) is 0 Å². The molecular weight excluding hydrogens is 385 g/mol. The first kappa shape index (κ1) is 21.6. The standard InChI is InChI=1S/C14H22N4OS.C2HF3O2/c1-18-7-6-11-12(8-18)20-14(17-11)13(19)16-10-5-3-2-4-9(10)15;3-2(4,5)1(6)7/h9-10H,2-8,15H2,1H3,(H,16,19);(H,6,7)/t9-,10-;/m0./s1. The number of likely N-dealkylation sites (N-methyl/N-ethyl adjacent to an activating group) is 1. The summed E-state index contributed by atoms with van der Waals surface area (Å²) in [7, 11) is 2.10. The van der Waals surface area contributed by atoms with Crippen molar-refractivity contribution in [2.45, 2.75) is 56.9 Å². The van der Waals surface area contributed by atoms with E-state index in [0.717, 1.165) is 44.5 Å². The summed E-state index contributed by atoms with van der Waals surface area (Å²) in [5, 5.41) is 10.8. The fraction of sp³-hybridized carbons (Fsp3) is 0.688. The summed E-state index contributed by atoms with van der Waals surface area (Å²) < 4.78 is 31.7. The molecule has 1 aliphatic heterocycles. The molecule has 3 rings (SSSR count). The molecule has 0 saturated heterocycles. The SMILES string of the molecule is CN1CCc2nc(C(=O)N[C@H]3CCCC[C@@H]3N)sc2C1.O=C(O)C(F)(F)F. The Kier molecular flexibility index (Phi) is 7.18. The van der Waals surface area contributed by atoms with Gasteiger partial charge in [-0.2, -0.15) is 13.2 Å². The monoisotopic (exact) mass is 408 g/mol. The second-order valence-electron chi connectivity index (χ2n) is 6.71. The molecule has 1 aliphatic carbocycles. The number of fused-ring (bicyclic) bond motifs is 1. The number of carbonyl (C=O) groups is 2. The number of aliphatic carboxylic acids is 1. The summed E-state index contributed by atoms with van der Waals surface area (Å²) in [6.07, 6.45) is 0.173. The van der Waals surface area contributed by atoms with Gasteiger partial charge in [-0.1, -0.05) is 12.8 Å². The van der Waals surface area contributed by atoms with Crippen LogP contribution in [0.4, 0.5) is 13.2 Å². The molecule has 7 nitrogen and oxygen atoms in total. The molecule has 1 fully saturated rings. The van der Waals surface area contributed by atoms with Crippen molar-refractivity contribution in [3.05, 3.63) is 15.6 Å². The van der Waals surface area contributed by atoms with Gasteiger partial charge in [0.2, 0.25) is 0 Å². The van der Waals surface area contributed by atoms with E-state index in [0.29, 0.717) is 5.01 Å². The minimum absolute atomic E-state index is 0.0468. The van der Waals surface area contributed by atoms with E-state index < -0.39 is 12.1 Å². The molecule has 0 spiro atoms. The Labute approximate surface area is 158 Å². The predicted molar refractivity (Wildman–Crippen MR) is 93.5 cm³/mol. The van der Waals surface area contributed by atoms with Gasteiger partial charge in [0.25, 0.3) is 5.91 Å². The van der Waals surface area contributed by atoms with Crippen LogP contribution in [-0.2, 0) is 17.8 Å². The summed E-state index contributed by atoms with van der Waals surface area (Å²) in [4.78, 5) is 29.2. The van der Waals surface area contributed by atoms with Gasteiger partial charge < -0.3 is 21.1 Å². The molecule has 152 valence electrons. The third kappa shape index (κ3) is 6.15. The third-order valence-electron chi connectivity index (χ3n) is 4.49. The molecule has 0 aromatic carbocycles. The summed E-state index contributed by atoms with van der Waals surface area (Å²) >= 11 is 1.53. The zero-order valence-electron chi connectivity index (χ0n) is 14.9. The number of thiazole rings is 1. The molecule has 1 aromatic heterocycles. The van der Waals surface area contributed by atoms with Crippen molar-refractivity contribution < 1.29 is 27.9 Å². The van der Waals surface area contributed by atoms with Crippen LogP contribution in [0.15, 0.2) is 0 Å². The van der Waals surface area contributed by atoms with Gasteiger partial charge in [-0.25, -0.2) is 9.78 Å². The molecule has 4 N–H and O–H groups in total. The summed E-state index contributed by atoms with van der Waals surface area (Å²) in [5.74, 6) is -2.80. The van der Waals surface area contributed by atoms with Crippen LogP contribution in [0.2, 0.25) is 0 Å². The molecule has 2 aliphatic rings. The number of nitrogens with zero attached hydrogens (tertiary/aromatic N) is 2. The zero-order valence-corrected chi connectivity index (χ0v) is 15.7. The maximum absolute atomic E-state index is 12.3. The van der Waals surface area contributed by atoms with Crippen molar-refractivity contribution in [2.75, 3.05) is 13.6 Å². The van der Waals surface area contributed by atoms with E-state index >= 15 is 0 Å². The highest BCUT2D eigenvalue weighted by molar-refractivity contribution is 7.13. The number of carbonyl (C=O) groups excluding carboxylic acids is 1. The second-order valence-corrected chi connectivity index (χ2v) is 7.79. The molecule has 0 unspecified atom stereocenters. The maximum atomic E-state index is 12.3. The Morgan fingerprint density at radius 2 is 1.96 bits per heavy atom. The number of nitrogens with one attached hydrogen (secondary N) is 1. The largest absolute Gasteiger partial charge is 0.490 e. The highest BCUT2D eigenvalue weighted by Gasteiger charge is 2.38. The first-order valence-corrected chi connectivity index (χ1v) is 9.43. The average Bonchev–Trinajstić information content (AvgIpc) is 3.00. The second kappa shape index (κ2) is 8.98. The fourth-order valence-corrected chi connectivity index (χ4v) is 4.08. The molecule has 1 aromatic rings. The minimum atomic E-state index is -5.08. The van der Waals surface area contributed by atoms with Gasteiger partial charge in [0.1, 0.15) is 0 Å². The van der Waals surface area contributed by atoms with Crippen LogP contribution in [-0.4, -0.2) is 58.7 Å². The van der Waals surface area contributed by atoms with E-state index in [4.69, 9.17) is 15.6 Å². The van der Waals surface area contributed by atoms with E-state index in [-0.39, 0.29) is 18.0 Å². The first-order valence-electron chi connectivity index (χ1n) is 8.61. The van der Waals surface area contributed by atoms with E-state index in [2.05, 4.69) is 22.2 Å². The van der Waals surface area contributed by atoms with Gasteiger partial charge >= 0.3 is 12.1 Å². The Morgan fingerprint density at radius 1 is 1.33 bits per heavy atom. The summed E-state index contributed by atoms with van der Waals surface area (Å²) in [5.41, 5.74) is 7.19. The lowest BCUT2D eigenvalue weighted by Gasteiger charge is -2.28. The molecule has 1 amide bonds. The third-order valence-corrected chi connectivity index (χ3v) is 5.58. The quantitative estimate of drug-likeness (QED) is 0.688. The molecule has 0 bridgehead atoms. The van der Waals surface area contributed by atoms with Crippen LogP contribution >= 0.6 is 11.3 Å². The normalized spacial score (nSPS) is 23.0. The average molecular weight is 408 g/mol. The predicted octanol–water partition coefficient (Wildman–Crippen LogP) is 1.76. The number of nitrogens with two attached hydrogens (primary N) is 1. The van der Waals surface area contributed by atoms with Gasteiger partial charge in [-0.3, -0.25) is 4.79 Å². The lowest BCUT2D eigenvalue weighted by molar-refractivity contribution is -0.192. The van der Waals surface area contributed by atoms with Gasteiger partial charge in [0.05, 0.1) is 5.69 Å². The number of aromatic nitrogens is 1. The fourth-order valence-electron chi connectivity index (χ4n) is 2.99. The number of halogens is 3. The molecular formula is C16H23F3N4O3S. The number of carboxylic acids is 1. The van der Waals surface area contributed by atoms with Crippen molar-refractivity contribution in [1.29, 1.82) is 0 Å². The Balaban J connectivity index is 0.000000321. The van der Waals surface area contributed by atoms with E-state index in [1.807, 2.05) is 0 Å². The zero-order chi connectivity index (χ0) is 20.2. The van der Waals surface area contributed by atoms with Crippen molar-refractivity contribution in [3.8, 4) is 0 Å². The topological polar surface area (TPSA) is 109 Å². The minimum Gasteiger partial charge on any atom is -0.475 e. The molecule has 2 heterocycles. The number of hydrogen-bond donors (Lipinski definition) is 3. The smallest absolute Gasteiger partial charge is 0.475 e. The van der Waals surface area contributed by atoms with Crippen LogP contribution < -0.4 is 11.1 Å². The van der Waals surface area contributed by atoms with E-state index in [1.54, 1.807) is 0 Å². The van der Waals surface area contributed by atoms with Crippen LogP contribution in [0, 0.1) is 0 Å². The maximum Gasteiger partial charge on any atom is 0.490 e. The van der Waals surface area contributed by atoms with Gasteiger partial charge in [-0.05, 0) is 19.9 Å². The summed E-state index contributed by atoms with van der Waals surface area (Å²) in [6, 6.07) is 0.202. The van der Waals surface area contributed by atoms with Crippen molar-refractivity contribution >= 4 is 23.2 Å². The van der Waals surface area contributed by atoms with Gasteiger partial charge in [0.15, 0.2) is 5.01 Å². The Morgan fingerprint density at radius 3 is 2.56 bits per heavy atom. The lowest BCUT2D eigenvalue weighted by atomic mass is 9.91. The van der Waals surface area contributed by atoms with Gasteiger partial charge in [-0.15, -0.1) is 11.3 Å². The number of rotatable bonds is 2. The van der Waals surface area contributed by atoms with E-state index in [9.17, 15) is 18.0 Å². The molecule has 2 atom stereocenters. The molecule has 0 radical (unpaired) electrons. The number of alkyl halides is 3. The van der Waals surface area contributed by atoms with E-state index in [1.165, 1.54) is 22.6 Å². The number of hydrogen-bond acceptors (Lipinski definition) is 6. The molecule has 11 heteroatoms. The highest BCUT2D eigenvalue weighted by Crippen LogP contribution is 2.25. The van der Waals surface area contributed by atoms with Crippen molar-refractivity contribution in [1.82, 2.24) is 15.2 Å². The lowest BCUT2D eigenvalue weighted by Crippen LogP contribution is -2.49. The number of amides is 1. The van der Waals surface area contributed by atoms with Crippen LogP contribution in [0.25, 0.3) is 0 Å². The molecule has 1 saturated carbocycles. The summed E-state index contributed by atoms with van der Waals surface area (Å²) in [6.45, 7) is 1.93. The highest BCUT2D eigenvalue weighted by atomic mass is 32.1. The first-order chi connectivity index (χ1) is 12.6. The Hall–Kier alpha value is -1.72. The van der Waals surface area contributed by atoms with Crippen molar-refractivity contribution in [2.24, 2.45) is 5.73 Å². The molecule has 27 heavy (non-hydrogen) atoms.